The molecule has 0 saturated heterocycles. The summed E-state index contributed by atoms with van der Waals surface area (Å²) in [5.74, 6) is -3.18. The van der Waals surface area contributed by atoms with Crippen LogP contribution in [0.5, 0.6) is 0 Å². The minimum Gasteiger partial charge on any atom is -0.473 e. The zero-order valence-electron chi connectivity index (χ0n) is 14.5. The quantitative estimate of drug-likeness (QED) is 0.369. The Kier molecular flexibility index (Phi) is 6.81. The average molecular weight is 474 g/mol. The molecule has 0 bridgehead atoms. The van der Waals surface area contributed by atoms with Gasteiger partial charge in [0.2, 0.25) is 0 Å². The molecule has 0 fully saturated rings. The molecule has 0 radical (unpaired) electrons. The van der Waals surface area contributed by atoms with E-state index in [1.807, 2.05) is 12.1 Å². The van der Waals surface area contributed by atoms with Crippen molar-refractivity contribution >= 4 is 71.2 Å². The van der Waals surface area contributed by atoms with Gasteiger partial charge >= 0.3 is 11.9 Å². The highest BCUT2D eigenvalue weighted by Gasteiger charge is 2.41. The van der Waals surface area contributed by atoms with Crippen molar-refractivity contribution in [1.29, 1.82) is 0 Å². The van der Waals surface area contributed by atoms with Gasteiger partial charge in [-0.15, -0.1) is 11.8 Å². The van der Waals surface area contributed by atoms with Crippen molar-refractivity contribution in [3.8, 4) is 0 Å². The van der Waals surface area contributed by atoms with Crippen LogP contribution in [0.2, 0.25) is 15.1 Å². The monoisotopic (exact) mass is 472 g/mol. The number of benzene rings is 2. The Morgan fingerprint density at radius 3 is 2.38 bits per heavy atom. The number of aliphatic imine (C=N–C) groups is 1. The Balaban J connectivity index is 1.96. The van der Waals surface area contributed by atoms with Gasteiger partial charge in [0.1, 0.15) is 0 Å². The Morgan fingerprint density at radius 1 is 1.10 bits per heavy atom. The zero-order chi connectivity index (χ0) is 21.0. The van der Waals surface area contributed by atoms with Gasteiger partial charge in [0.15, 0.2) is 12.9 Å². The number of rotatable bonds is 6. The van der Waals surface area contributed by atoms with Crippen LogP contribution in [0.15, 0.2) is 57.5 Å². The number of quaternary nitrogens is 1. The first-order chi connectivity index (χ1) is 13.8. The van der Waals surface area contributed by atoms with Gasteiger partial charge in [-0.05, 0) is 47.1 Å². The van der Waals surface area contributed by atoms with Crippen LogP contribution in [-0.2, 0) is 14.4 Å². The molecule has 0 saturated carbocycles. The van der Waals surface area contributed by atoms with E-state index in [1.54, 1.807) is 30.3 Å². The summed E-state index contributed by atoms with van der Waals surface area (Å²) < 4.78 is -0.769. The van der Waals surface area contributed by atoms with E-state index in [9.17, 15) is 9.59 Å². The van der Waals surface area contributed by atoms with Gasteiger partial charge in [-0.1, -0.05) is 40.9 Å². The molecule has 3 rings (SSSR count). The maximum absolute atomic E-state index is 11.7. The molecular weight excluding hydrogens is 461 g/mol. The smallest absolute Gasteiger partial charge is 0.473 e. The van der Waals surface area contributed by atoms with Crippen molar-refractivity contribution in [3.05, 3.63) is 63.1 Å². The maximum Gasteiger partial charge on any atom is 0.478 e. The maximum atomic E-state index is 11.7. The predicted octanol–water partition coefficient (Wildman–Crippen LogP) is 4.83. The third-order valence-corrected chi connectivity index (χ3v) is 5.85. The molecule has 2 aromatic carbocycles. The number of carbonyl (C=O) groups is 2. The summed E-state index contributed by atoms with van der Waals surface area (Å²) in [6.45, 7) is 0.0354. The molecular formula is C18H13Cl3N3O4S+. The molecule has 0 aliphatic carbocycles. The van der Waals surface area contributed by atoms with Crippen LogP contribution >= 0.6 is 46.6 Å². The number of thioether (sulfide) groups is 1. The fourth-order valence-corrected chi connectivity index (χ4v) is 4.49. The van der Waals surface area contributed by atoms with Crippen molar-refractivity contribution in [2.45, 2.75) is 10.1 Å². The zero-order valence-corrected chi connectivity index (χ0v) is 17.6. The molecule has 0 amide bonds. The first kappa shape index (κ1) is 21.6. The summed E-state index contributed by atoms with van der Waals surface area (Å²) in [5.41, 5.74) is 0.704. The van der Waals surface area contributed by atoms with E-state index in [1.165, 1.54) is 24.4 Å². The number of hydroxylamine groups is 2. The molecule has 11 heteroatoms. The van der Waals surface area contributed by atoms with Crippen LogP contribution in [0.1, 0.15) is 10.8 Å². The molecule has 0 aromatic heterocycles. The van der Waals surface area contributed by atoms with Gasteiger partial charge in [0.05, 0.1) is 5.25 Å². The van der Waals surface area contributed by atoms with E-state index in [2.05, 4.69) is 10.1 Å². The lowest BCUT2D eigenvalue weighted by molar-refractivity contribution is -1.02. The minimum atomic E-state index is -1.73. The second kappa shape index (κ2) is 9.15. The summed E-state index contributed by atoms with van der Waals surface area (Å²) in [6.07, 6.45) is 2.42. The molecule has 1 aliphatic heterocycles. The molecule has 7 nitrogen and oxygen atoms in total. The van der Waals surface area contributed by atoms with Crippen molar-refractivity contribution < 1.29 is 24.3 Å². The highest BCUT2D eigenvalue weighted by Crippen LogP contribution is 2.41. The van der Waals surface area contributed by atoms with Gasteiger partial charge in [0, 0.05) is 24.7 Å². The number of carboxylic acid groups (broad SMARTS) is 1. The molecule has 2 aromatic rings. The topological polar surface area (TPSA) is 88.3 Å². The van der Waals surface area contributed by atoms with Crippen LogP contribution in [-0.4, -0.2) is 41.0 Å². The first-order valence-electron chi connectivity index (χ1n) is 8.08. The van der Waals surface area contributed by atoms with Crippen LogP contribution in [0.4, 0.5) is 0 Å². The van der Waals surface area contributed by atoms with E-state index in [0.29, 0.717) is 20.6 Å². The van der Waals surface area contributed by atoms with E-state index >= 15 is 0 Å². The third-order valence-electron chi connectivity index (χ3n) is 3.81. The number of carbonyl (C=O) groups excluding carboxylic acids is 1. The van der Waals surface area contributed by atoms with E-state index < -0.39 is 21.9 Å². The summed E-state index contributed by atoms with van der Waals surface area (Å²) in [5, 5.41) is 14.0. The highest BCUT2D eigenvalue weighted by molar-refractivity contribution is 7.99. The molecule has 29 heavy (non-hydrogen) atoms. The molecule has 0 spiro atoms. The number of nitrogens with zero attached hydrogens (tertiary/aromatic N) is 3. The van der Waals surface area contributed by atoms with E-state index in [0.717, 1.165) is 4.90 Å². The van der Waals surface area contributed by atoms with E-state index in [-0.39, 0.29) is 6.54 Å². The molecule has 1 N–H and O–H groups in total. The van der Waals surface area contributed by atoms with Crippen molar-refractivity contribution in [1.82, 2.24) is 0 Å². The Hall–Kier alpha value is -2.10. The summed E-state index contributed by atoms with van der Waals surface area (Å²) in [7, 11) is 0. The summed E-state index contributed by atoms with van der Waals surface area (Å²) in [6, 6.07) is 12.2. The van der Waals surface area contributed by atoms with Gasteiger partial charge < -0.3 is 5.11 Å². The Bertz CT molecular complexity index is 986. The normalized spacial score (nSPS) is 18.6. The van der Waals surface area contributed by atoms with Gasteiger partial charge in [0.25, 0.3) is 6.34 Å². The average Bonchev–Trinajstić information content (AvgIpc) is 3.11. The SMILES string of the molecule is O=C(O)C(=O)O[N+]1(CC(Sc2ccc(Cl)cc2)c2ccc(Cl)cc2Cl)C=NC=N1. The van der Waals surface area contributed by atoms with Gasteiger partial charge in [-0.3, -0.25) is 0 Å². The molecule has 1 heterocycles. The Labute approximate surface area is 185 Å². The lowest BCUT2D eigenvalue weighted by atomic mass is 10.1. The van der Waals surface area contributed by atoms with E-state index in [4.69, 9.17) is 44.7 Å². The molecule has 1 aliphatic rings. The fraction of sp³-hybridized carbons (Fsp3) is 0.111. The lowest BCUT2D eigenvalue weighted by Gasteiger charge is -2.25. The number of halogens is 3. The van der Waals surface area contributed by atoms with Crippen molar-refractivity contribution in [2.75, 3.05) is 6.54 Å². The predicted molar refractivity (Wildman–Crippen MR) is 112 cm³/mol. The number of hydrogen-bond acceptors (Lipinski definition) is 6. The summed E-state index contributed by atoms with van der Waals surface area (Å²) in [4.78, 5) is 32.5. The minimum absolute atomic E-state index is 0.0354. The molecule has 2 unspecified atom stereocenters. The van der Waals surface area contributed by atoms with Crippen molar-refractivity contribution in [2.24, 2.45) is 10.1 Å². The lowest BCUT2D eigenvalue weighted by Crippen LogP contribution is -2.45. The number of aliphatic carboxylic acids is 1. The summed E-state index contributed by atoms with van der Waals surface area (Å²) >= 11 is 19.8. The first-order valence-corrected chi connectivity index (χ1v) is 10.1. The van der Waals surface area contributed by atoms with Gasteiger partial charge in [-0.25, -0.2) is 14.4 Å². The number of carboxylic acids is 1. The van der Waals surface area contributed by atoms with Crippen LogP contribution in [0, 0.1) is 0 Å². The van der Waals surface area contributed by atoms with Crippen LogP contribution in [0.3, 0.4) is 0 Å². The van der Waals surface area contributed by atoms with Gasteiger partial charge in [-0.2, -0.15) is 4.99 Å². The standard InChI is InChI=1S/C18H12Cl3N3O4S/c19-11-1-4-13(5-2-11)29-16(14-6-3-12(20)7-15(14)21)8-24(10-22-9-23-24)28-18(27)17(25)26/h1-7,9-10,16H,8H2/p+1. The molecule has 150 valence electrons. The second-order valence-electron chi connectivity index (χ2n) is 5.84. The molecule has 2 atom stereocenters. The van der Waals surface area contributed by atoms with Crippen LogP contribution < -0.4 is 0 Å². The third kappa shape index (κ3) is 5.49. The van der Waals surface area contributed by atoms with Crippen LogP contribution in [0.25, 0.3) is 0 Å². The highest BCUT2D eigenvalue weighted by atomic mass is 35.5. The second-order valence-corrected chi connectivity index (χ2v) is 8.40. The number of hydrogen-bond donors (Lipinski definition) is 1. The van der Waals surface area contributed by atoms with Crippen molar-refractivity contribution in [3.63, 3.8) is 0 Å². The fourth-order valence-electron chi connectivity index (χ4n) is 2.52. The Morgan fingerprint density at radius 2 is 1.79 bits per heavy atom. The largest absolute Gasteiger partial charge is 0.478 e.